The van der Waals surface area contributed by atoms with Gasteiger partial charge in [-0.15, -0.1) is 4.67 Å². The monoisotopic (exact) mass is 420 g/mol. The predicted octanol–water partition coefficient (Wildman–Crippen LogP) is 0.347. The van der Waals surface area contributed by atoms with Crippen LogP contribution in [0.25, 0.3) is 0 Å². The number of carboxylic acids is 2. The van der Waals surface area contributed by atoms with Crippen molar-refractivity contribution in [3.63, 3.8) is 0 Å². The van der Waals surface area contributed by atoms with Gasteiger partial charge in [0.1, 0.15) is 6.04 Å². The van der Waals surface area contributed by atoms with E-state index in [2.05, 4.69) is 19.9 Å². The molecule has 13 heteroatoms. The third-order valence-electron chi connectivity index (χ3n) is 3.19. The molecular formula is C15H21N2O10P. The summed E-state index contributed by atoms with van der Waals surface area (Å²) in [6.07, 6.45) is -0.979. The Morgan fingerprint density at radius 2 is 1.82 bits per heavy atom. The van der Waals surface area contributed by atoms with Crippen molar-refractivity contribution in [3.05, 3.63) is 35.9 Å². The number of benzene rings is 1. The average Bonchev–Trinajstić information content (AvgIpc) is 2.64. The Kier molecular flexibility index (Phi) is 10.5. The fourth-order valence-corrected chi connectivity index (χ4v) is 2.67. The number of nitrogens with one attached hydrogen (secondary N) is 2. The zero-order valence-corrected chi connectivity index (χ0v) is 15.5. The fraction of sp³-hybridized carbons (Fsp3) is 0.400. The molecule has 1 aromatic rings. The zero-order chi connectivity index (χ0) is 21.0. The highest BCUT2D eigenvalue weighted by atomic mass is 31.2. The summed E-state index contributed by atoms with van der Waals surface area (Å²) in [7, 11) is -4.72. The maximum Gasteiger partial charge on any atom is 0.433 e. The van der Waals surface area contributed by atoms with Crippen LogP contribution in [-0.2, 0) is 28.8 Å². The molecule has 0 bridgehead atoms. The average molecular weight is 420 g/mol. The molecule has 5 N–H and O–H groups in total. The Balaban J connectivity index is 2.21. The van der Waals surface area contributed by atoms with Crippen LogP contribution in [0, 0.1) is 0 Å². The van der Waals surface area contributed by atoms with Gasteiger partial charge in [0, 0.05) is 18.5 Å². The van der Waals surface area contributed by atoms with Crippen LogP contribution in [0.3, 0.4) is 0 Å². The first-order valence-electron chi connectivity index (χ1n) is 8.03. The van der Waals surface area contributed by atoms with E-state index in [0.29, 0.717) is 5.56 Å². The van der Waals surface area contributed by atoms with Crippen molar-refractivity contribution < 1.29 is 48.7 Å². The van der Waals surface area contributed by atoms with E-state index in [1.807, 2.05) is 0 Å². The first kappa shape index (κ1) is 23.9. The van der Waals surface area contributed by atoms with Crippen molar-refractivity contribution in [2.45, 2.75) is 18.9 Å². The van der Waals surface area contributed by atoms with Gasteiger partial charge in [-0.25, -0.2) is 14.5 Å². The van der Waals surface area contributed by atoms with E-state index in [1.165, 1.54) is 0 Å². The Bertz CT molecular complexity index is 699. The van der Waals surface area contributed by atoms with Gasteiger partial charge in [0.25, 0.3) is 0 Å². The Morgan fingerprint density at radius 3 is 2.43 bits per heavy atom. The van der Waals surface area contributed by atoms with Gasteiger partial charge < -0.3 is 20.4 Å². The molecule has 0 fully saturated rings. The van der Waals surface area contributed by atoms with Crippen molar-refractivity contribution in [3.8, 4) is 0 Å². The van der Waals surface area contributed by atoms with Gasteiger partial charge in [0.2, 0.25) is 0 Å². The van der Waals surface area contributed by atoms with Crippen LogP contribution in [0.5, 0.6) is 0 Å². The van der Waals surface area contributed by atoms with Crippen LogP contribution in [-0.4, -0.2) is 58.6 Å². The number of carbonyl (C=O) groups excluding carboxylic acids is 1. The largest absolute Gasteiger partial charge is 0.481 e. The number of hydrogen-bond acceptors (Lipinski definition) is 8. The first-order chi connectivity index (χ1) is 13.2. The molecule has 0 spiro atoms. The summed E-state index contributed by atoms with van der Waals surface area (Å²) >= 11 is 0. The van der Waals surface area contributed by atoms with E-state index in [1.54, 1.807) is 35.4 Å². The maximum absolute atomic E-state index is 11.8. The molecule has 156 valence electrons. The summed E-state index contributed by atoms with van der Waals surface area (Å²) in [6.45, 7) is 0.0447. The van der Waals surface area contributed by atoms with E-state index in [0.717, 1.165) is 0 Å². The molecule has 2 atom stereocenters. The molecule has 0 heterocycles. The van der Waals surface area contributed by atoms with E-state index in [-0.39, 0.29) is 25.5 Å². The number of carbonyl (C=O) groups is 3. The van der Waals surface area contributed by atoms with Crippen molar-refractivity contribution >= 4 is 25.5 Å². The quantitative estimate of drug-likeness (QED) is 0.0864. The number of ketones is 1. The third-order valence-corrected chi connectivity index (χ3v) is 4.09. The van der Waals surface area contributed by atoms with E-state index >= 15 is 0 Å². The Labute approximate surface area is 159 Å². The Morgan fingerprint density at radius 1 is 1.14 bits per heavy atom. The summed E-state index contributed by atoms with van der Waals surface area (Å²) in [5.41, 5.74) is 0.540. The second-order valence-corrected chi connectivity index (χ2v) is 6.85. The van der Waals surface area contributed by atoms with Gasteiger partial charge in [-0.2, -0.15) is 0 Å². The molecule has 1 unspecified atom stereocenters. The van der Waals surface area contributed by atoms with Crippen LogP contribution in [0.2, 0.25) is 0 Å². The fourth-order valence-electron chi connectivity index (χ4n) is 1.87. The Hall–Kier alpha value is -2.18. The predicted molar refractivity (Wildman–Crippen MR) is 93.0 cm³/mol. The molecule has 0 aliphatic carbocycles. The molecule has 12 nitrogen and oxygen atoms in total. The molecule has 0 amide bonds. The van der Waals surface area contributed by atoms with Gasteiger partial charge in [-0.3, -0.25) is 14.4 Å². The molecule has 1 rings (SSSR count). The van der Waals surface area contributed by atoms with Gasteiger partial charge in [-0.1, -0.05) is 35.4 Å². The summed E-state index contributed by atoms with van der Waals surface area (Å²) in [4.78, 5) is 47.1. The summed E-state index contributed by atoms with van der Waals surface area (Å²) in [5, 5.41) is 26.0. The lowest BCUT2D eigenvalue weighted by Gasteiger charge is -2.16. The molecule has 0 radical (unpaired) electrons. The number of aliphatic carboxylic acids is 2. The molecule has 28 heavy (non-hydrogen) atoms. The molecule has 1 aromatic carbocycles. The molecule has 0 aliphatic rings. The third kappa shape index (κ3) is 10.2. The van der Waals surface area contributed by atoms with Crippen LogP contribution >= 0.6 is 7.75 Å². The molecular weight excluding hydrogens is 399 g/mol. The standard InChI is InChI=1S/C15H21N2O10P/c18-13(11-4-2-1-3-5-11)10-16-8-9-25-26-27-28(23,24)17-12(15(21)22)6-7-14(19)20/h1-5,12,16H,6-10H2,(H,19,20)(H,21,22)(H2,17,23,24)/t12-/m0/s1. The number of rotatable bonds is 15. The number of Topliss-reactive ketones (excluding diaryl/α,β-unsaturated/α-hetero) is 1. The normalized spacial score (nSPS) is 14.2. The van der Waals surface area contributed by atoms with Crippen molar-refractivity contribution in [1.29, 1.82) is 0 Å². The topological polar surface area (TPSA) is 181 Å². The SMILES string of the molecule is O=C(O)CC[C@H](NP(=O)(O)OOOCCNCC(=O)c1ccccc1)C(=O)O. The van der Waals surface area contributed by atoms with Crippen LogP contribution in [0.1, 0.15) is 23.2 Å². The summed E-state index contributed by atoms with van der Waals surface area (Å²) in [5.74, 6) is -2.94. The van der Waals surface area contributed by atoms with E-state index in [9.17, 15) is 23.8 Å². The van der Waals surface area contributed by atoms with Crippen molar-refractivity contribution in [1.82, 2.24) is 10.4 Å². The lowest BCUT2D eigenvalue weighted by atomic mass is 10.1. The molecule has 0 saturated heterocycles. The molecule has 0 saturated carbocycles. The number of hydrogen-bond donors (Lipinski definition) is 5. The highest BCUT2D eigenvalue weighted by molar-refractivity contribution is 7.50. The summed E-state index contributed by atoms with van der Waals surface area (Å²) in [6, 6.07) is 6.96. The minimum absolute atomic E-state index is 0.0398. The summed E-state index contributed by atoms with van der Waals surface area (Å²) < 4.78 is 15.7. The van der Waals surface area contributed by atoms with Crippen molar-refractivity contribution in [2.24, 2.45) is 0 Å². The number of carboxylic acid groups (broad SMARTS) is 2. The lowest BCUT2D eigenvalue weighted by Crippen LogP contribution is -2.35. The van der Waals surface area contributed by atoms with Gasteiger partial charge >= 0.3 is 19.7 Å². The van der Waals surface area contributed by atoms with Gasteiger partial charge in [0.15, 0.2) is 5.78 Å². The van der Waals surface area contributed by atoms with Gasteiger partial charge in [-0.05, 0) is 6.42 Å². The molecule has 0 aliphatic heterocycles. The lowest BCUT2D eigenvalue weighted by molar-refractivity contribution is -0.469. The minimum atomic E-state index is -4.72. The van der Waals surface area contributed by atoms with E-state index in [4.69, 9.17) is 10.2 Å². The smallest absolute Gasteiger partial charge is 0.433 e. The minimum Gasteiger partial charge on any atom is -0.481 e. The van der Waals surface area contributed by atoms with Crippen LogP contribution < -0.4 is 10.4 Å². The zero-order valence-electron chi connectivity index (χ0n) is 14.6. The first-order valence-corrected chi connectivity index (χ1v) is 9.61. The van der Waals surface area contributed by atoms with Gasteiger partial charge in [0.05, 0.1) is 13.2 Å². The highest BCUT2D eigenvalue weighted by Crippen LogP contribution is 2.38. The van der Waals surface area contributed by atoms with Crippen LogP contribution in [0.15, 0.2) is 30.3 Å². The maximum atomic E-state index is 11.8. The van der Waals surface area contributed by atoms with Crippen LogP contribution in [0.4, 0.5) is 0 Å². The van der Waals surface area contributed by atoms with Crippen molar-refractivity contribution in [2.75, 3.05) is 19.7 Å². The highest BCUT2D eigenvalue weighted by Gasteiger charge is 2.30. The second kappa shape index (κ2) is 12.3. The molecule has 0 aromatic heterocycles. The van der Waals surface area contributed by atoms with E-state index < -0.39 is 38.6 Å². The second-order valence-electron chi connectivity index (χ2n) is 5.40.